The smallest absolute Gasteiger partial charge is 0.343 e. The zero-order valence-electron chi connectivity index (χ0n) is 23.1. The first-order valence-electron chi connectivity index (χ1n) is 13.5. The van der Waals surface area contributed by atoms with Crippen molar-refractivity contribution >= 4 is 17.3 Å². The molecule has 2 aliphatic rings. The van der Waals surface area contributed by atoms with Gasteiger partial charge in [0.15, 0.2) is 0 Å². The highest BCUT2D eigenvalue weighted by molar-refractivity contribution is 5.64. The Labute approximate surface area is 235 Å². The lowest BCUT2D eigenvalue weighted by Gasteiger charge is -2.44. The number of nitrogens with one attached hydrogen (secondary N) is 1. The van der Waals surface area contributed by atoms with E-state index >= 15 is 0 Å². The highest BCUT2D eigenvalue weighted by Gasteiger charge is 2.44. The molecule has 220 valence electrons. The maximum absolute atomic E-state index is 13.2. The Morgan fingerprint density at radius 2 is 1.71 bits per heavy atom. The fourth-order valence-corrected chi connectivity index (χ4v) is 4.96. The molecule has 5 rings (SSSR count). The Balaban J connectivity index is 0.00000124. The van der Waals surface area contributed by atoms with E-state index in [2.05, 4.69) is 40.7 Å². The minimum atomic E-state index is -4.65. The van der Waals surface area contributed by atoms with Crippen LogP contribution in [0.2, 0.25) is 0 Å². The molecular formula is C29H32F6N6. The summed E-state index contributed by atoms with van der Waals surface area (Å²) in [4.78, 5) is 17.7. The van der Waals surface area contributed by atoms with Gasteiger partial charge in [0.05, 0.1) is 28.1 Å². The number of nitrogens with zero attached hydrogens (tertiary/aromatic N) is 5. The molecule has 3 aromatic heterocycles. The minimum absolute atomic E-state index is 0.149. The van der Waals surface area contributed by atoms with Crippen LogP contribution in [0.4, 0.5) is 43.7 Å². The maximum Gasteiger partial charge on any atom is 0.451 e. The van der Waals surface area contributed by atoms with Gasteiger partial charge in [0.1, 0.15) is 11.6 Å². The second-order valence-corrected chi connectivity index (χ2v) is 10.3. The highest BCUT2D eigenvalue weighted by Crippen LogP contribution is 2.49. The van der Waals surface area contributed by atoms with Crippen molar-refractivity contribution in [1.82, 2.24) is 19.9 Å². The average Bonchev–Trinajstić information content (AvgIpc) is 2.88. The number of aromatic nitrogens is 4. The molecule has 4 heterocycles. The fourth-order valence-electron chi connectivity index (χ4n) is 4.96. The largest absolute Gasteiger partial charge is 0.451 e. The van der Waals surface area contributed by atoms with Gasteiger partial charge >= 0.3 is 12.4 Å². The number of aryl methyl sites for hydroxylation is 2. The van der Waals surface area contributed by atoms with E-state index in [0.717, 1.165) is 49.1 Å². The van der Waals surface area contributed by atoms with Crippen molar-refractivity contribution in [3.05, 3.63) is 77.3 Å². The molecule has 1 aliphatic carbocycles. The highest BCUT2D eigenvalue weighted by atomic mass is 19.4. The van der Waals surface area contributed by atoms with Crippen molar-refractivity contribution in [3.63, 3.8) is 0 Å². The number of anilines is 3. The molecule has 0 saturated heterocycles. The first-order valence-corrected chi connectivity index (χ1v) is 13.5. The Kier molecular flexibility index (Phi) is 8.60. The molecule has 0 bridgehead atoms. The quantitative estimate of drug-likeness (QED) is 0.308. The number of allylic oxidation sites excluding steroid dienone is 1. The summed E-state index contributed by atoms with van der Waals surface area (Å²) in [5.41, 5.74) is 1.75. The van der Waals surface area contributed by atoms with Crippen molar-refractivity contribution in [1.29, 1.82) is 0 Å². The van der Waals surface area contributed by atoms with Crippen LogP contribution in [0.25, 0.3) is 0 Å². The van der Waals surface area contributed by atoms with E-state index in [1.807, 2.05) is 12.1 Å². The minimum Gasteiger partial charge on any atom is -0.343 e. The van der Waals surface area contributed by atoms with Crippen molar-refractivity contribution in [2.75, 3.05) is 16.8 Å². The van der Waals surface area contributed by atoms with Gasteiger partial charge in [-0.2, -0.15) is 26.3 Å². The lowest BCUT2D eigenvalue weighted by atomic mass is 9.64. The second kappa shape index (κ2) is 11.7. The molecule has 0 spiro atoms. The third kappa shape index (κ3) is 6.31. The van der Waals surface area contributed by atoms with Crippen LogP contribution in [0.15, 0.2) is 48.9 Å². The van der Waals surface area contributed by atoms with E-state index in [4.69, 9.17) is 4.98 Å². The maximum atomic E-state index is 13.2. The van der Waals surface area contributed by atoms with E-state index in [0.29, 0.717) is 42.2 Å². The summed E-state index contributed by atoms with van der Waals surface area (Å²) >= 11 is 0. The predicted molar refractivity (Wildman–Crippen MR) is 145 cm³/mol. The fraction of sp³-hybridized carbons (Fsp3) is 0.448. The summed E-state index contributed by atoms with van der Waals surface area (Å²) in [6.45, 7) is 10.5. The Morgan fingerprint density at radius 1 is 1.00 bits per heavy atom. The summed E-state index contributed by atoms with van der Waals surface area (Å²) in [5.74, 6) is -0.756. The lowest BCUT2D eigenvalue weighted by molar-refractivity contribution is -0.145. The van der Waals surface area contributed by atoms with Crippen LogP contribution in [0.5, 0.6) is 0 Å². The van der Waals surface area contributed by atoms with Gasteiger partial charge in [-0.1, -0.05) is 33.3 Å². The van der Waals surface area contributed by atoms with Gasteiger partial charge < -0.3 is 10.2 Å². The van der Waals surface area contributed by atoms with Crippen LogP contribution in [0.1, 0.15) is 74.3 Å². The number of halogens is 6. The number of rotatable bonds is 5. The SMILES string of the molecule is C=C(Nc1ncc(C(F)(F)F)cc1C)C1(c2ccc3c(n2)CCCN3c2ccnc(C(F)(F)F)n2)CCC1.CCC. The number of pyridine rings is 2. The molecule has 1 fully saturated rings. The van der Waals surface area contributed by atoms with Crippen LogP contribution in [-0.2, 0) is 24.2 Å². The summed E-state index contributed by atoms with van der Waals surface area (Å²) in [6, 6.07) is 6.15. The average molecular weight is 579 g/mol. The van der Waals surface area contributed by atoms with Gasteiger partial charge in [-0.15, -0.1) is 0 Å². The monoisotopic (exact) mass is 578 g/mol. The Hall–Kier alpha value is -3.70. The normalized spacial score (nSPS) is 16.2. The van der Waals surface area contributed by atoms with Gasteiger partial charge in [0.2, 0.25) is 5.82 Å². The van der Waals surface area contributed by atoms with Crippen LogP contribution >= 0.6 is 0 Å². The molecule has 0 atom stereocenters. The van der Waals surface area contributed by atoms with Crippen molar-refractivity contribution < 1.29 is 26.3 Å². The summed E-state index contributed by atoms with van der Waals surface area (Å²) in [7, 11) is 0. The van der Waals surface area contributed by atoms with E-state index in [1.54, 1.807) is 11.8 Å². The van der Waals surface area contributed by atoms with Gasteiger partial charge in [-0.3, -0.25) is 4.98 Å². The predicted octanol–water partition coefficient (Wildman–Crippen LogP) is 8.16. The molecule has 0 unspecified atom stereocenters. The first kappa shape index (κ1) is 30.3. The zero-order valence-corrected chi connectivity index (χ0v) is 23.1. The van der Waals surface area contributed by atoms with Gasteiger partial charge in [-0.25, -0.2) is 15.0 Å². The molecule has 0 radical (unpaired) electrons. The standard InChI is InChI=1S/C26H24F6N6.C3H8/c1-15-13-17(25(27,28)29)14-34-22(15)35-16(2)24(9-4-10-24)20-7-6-19-18(36-20)5-3-12-38(19)21-8-11-33-23(37-21)26(30,31)32;1-3-2/h6-8,11,13-14H,2-5,9-10,12H2,1H3,(H,34,35);3H2,1-2H3. The van der Waals surface area contributed by atoms with Gasteiger partial charge in [-0.05, 0) is 62.4 Å². The summed E-state index contributed by atoms with van der Waals surface area (Å²) in [5, 5.41) is 3.12. The van der Waals surface area contributed by atoms with E-state index in [9.17, 15) is 26.3 Å². The molecule has 0 amide bonds. The number of hydrogen-bond acceptors (Lipinski definition) is 6. The molecule has 0 aromatic carbocycles. The number of hydrogen-bond donors (Lipinski definition) is 1. The van der Waals surface area contributed by atoms with Crippen LogP contribution in [0, 0.1) is 6.92 Å². The van der Waals surface area contributed by atoms with E-state index in [1.165, 1.54) is 12.5 Å². The number of fused-ring (bicyclic) bond motifs is 1. The van der Waals surface area contributed by atoms with Crippen molar-refractivity contribution in [3.8, 4) is 0 Å². The summed E-state index contributed by atoms with van der Waals surface area (Å²) < 4.78 is 78.6. The third-order valence-electron chi connectivity index (χ3n) is 7.16. The van der Waals surface area contributed by atoms with Gasteiger partial charge in [0, 0.05) is 24.6 Å². The zero-order chi connectivity index (χ0) is 30.0. The Bertz CT molecular complexity index is 1400. The molecule has 1 saturated carbocycles. The third-order valence-corrected chi connectivity index (χ3v) is 7.16. The molecule has 1 N–H and O–H groups in total. The topological polar surface area (TPSA) is 66.8 Å². The molecule has 6 nitrogen and oxygen atoms in total. The Morgan fingerprint density at radius 3 is 2.29 bits per heavy atom. The van der Waals surface area contributed by atoms with Crippen molar-refractivity contribution in [2.24, 2.45) is 0 Å². The first-order chi connectivity index (χ1) is 19.3. The van der Waals surface area contributed by atoms with E-state index in [-0.39, 0.29) is 5.82 Å². The molecule has 1 aliphatic heterocycles. The number of alkyl halides is 6. The molecule has 41 heavy (non-hydrogen) atoms. The van der Waals surface area contributed by atoms with Crippen LogP contribution in [0.3, 0.4) is 0 Å². The van der Waals surface area contributed by atoms with E-state index < -0.39 is 29.2 Å². The molecule has 12 heteroatoms. The summed E-state index contributed by atoms with van der Waals surface area (Å²) in [6.07, 6.45) is -2.26. The van der Waals surface area contributed by atoms with Crippen LogP contribution in [-0.4, -0.2) is 26.5 Å². The van der Waals surface area contributed by atoms with Gasteiger partial charge in [0.25, 0.3) is 0 Å². The molecular weight excluding hydrogens is 546 g/mol. The second-order valence-electron chi connectivity index (χ2n) is 10.3. The molecule has 3 aromatic rings. The van der Waals surface area contributed by atoms with Crippen LogP contribution < -0.4 is 10.2 Å². The van der Waals surface area contributed by atoms with Crippen molar-refractivity contribution in [2.45, 2.75) is 77.1 Å². The lowest BCUT2D eigenvalue weighted by Crippen LogP contribution is -2.40.